The number of hydrogen-bond acceptors (Lipinski definition) is 3. The van der Waals surface area contributed by atoms with E-state index in [9.17, 15) is 9.90 Å². The van der Waals surface area contributed by atoms with Gasteiger partial charge in [-0.25, -0.2) is 0 Å². The number of rotatable bonds is 6. The molecule has 4 heteroatoms. The molecule has 0 saturated carbocycles. The molecule has 0 aliphatic carbocycles. The van der Waals surface area contributed by atoms with Gasteiger partial charge in [0.15, 0.2) is 0 Å². The van der Waals surface area contributed by atoms with E-state index in [2.05, 4.69) is 34.1 Å². The van der Waals surface area contributed by atoms with Crippen LogP contribution < -0.4 is 0 Å². The van der Waals surface area contributed by atoms with Gasteiger partial charge >= 0.3 is 0 Å². The Kier molecular flexibility index (Phi) is 5.80. The van der Waals surface area contributed by atoms with Crippen molar-refractivity contribution in [1.29, 1.82) is 0 Å². The monoisotopic (exact) mass is 344 g/mol. The van der Waals surface area contributed by atoms with Crippen LogP contribution in [0.1, 0.15) is 57.1 Å². The fourth-order valence-electron chi connectivity index (χ4n) is 3.96. The average Bonchev–Trinajstić information content (AvgIpc) is 3.00. The fourth-order valence-corrected chi connectivity index (χ4v) is 3.96. The van der Waals surface area contributed by atoms with Gasteiger partial charge in [0.25, 0.3) is 0 Å². The molecule has 138 valence electrons. The molecule has 1 N–H and O–H groups in total. The third-order valence-electron chi connectivity index (χ3n) is 5.56. The molecule has 0 unspecified atom stereocenters. The summed E-state index contributed by atoms with van der Waals surface area (Å²) in [6.45, 7) is 7.84. The zero-order valence-corrected chi connectivity index (χ0v) is 15.7. The minimum absolute atomic E-state index is 0.361. The lowest BCUT2D eigenvalue weighted by Crippen LogP contribution is -2.45. The largest absolute Gasteiger partial charge is 0.390 e. The molecule has 1 amide bonds. The minimum Gasteiger partial charge on any atom is -0.390 e. The topological polar surface area (TPSA) is 43.8 Å². The molecule has 1 aromatic rings. The van der Waals surface area contributed by atoms with E-state index in [0.717, 1.165) is 64.7 Å². The van der Waals surface area contributed by atoms with Gasteiger partial charge in [0, 0.05) is 38.6 Å². The van der Waals surface area contributed by atoms with Gasteiger partial charge in [0.2, 0.25) is 5.91 Å². The zero-order valence-electron chi connectivity index (χ0n) is 15.7. The van der Waals surface area contributed by atoms with E-state index < -0.39 is 5.60 Å². The van der Waals surface area contributed by atoms with Crippen molar-refractivity contribution in [2.24, 2.45) is 0 Å². The lowest BCUT2D eigenvalue weighted by molar-refractivity contribution is -0.130. The van der Waals surface area contributed by atoms with Gasteiger partial charge in [-0.2, -0.15) is 0 Å². The number of likely N-dealkylation sites (tertiary alicyclic amines) is 2. The van der Waals surface area contributed by atoms with Crippen molar-refractivity contribution in [3.63, 3.8) is 0 Å². The van der Waals surface area contributed by atoms with Crippen LogP contribution >= 0.6 is 0 Å². The quantitative estimate of drug-likeness (QED) is 0.863. The first-order chi connectivity index (χ1) is 11.9. The molecule has 1 aromatic carbocycles. The first-order valence-electron chi connectivity index (χ1n) is 9.73. The first kappa shape index (κ1) is 18.4. The van der Waals surface area contributed by atoms with Crippen LogP contribution in [0.15, 0.2) is 24.3 Å². The number of benzene rings is 1. The van der Waals surface area contributed by atoms with E-state index >= 15 is 0 Å². The molecule has 2 fully saturated rings. The Bertz CT molecular complexity index is 569. The second-order valence-corrected chi connectivity index (χ2v) is 8.33. The normalized spacial score (nSPS) is 20.4. The molecule has 3 rings (SSSR count). The summed E-state index contributed by atoms with van der Waals surface area (Å²) in [6, 6.07) is 9.29. The molecule has 2 heterocycles. The number of nitrogens with zero attached hydrogens (tertiary/aromatic N) is 2. The predicted octanol–water partition coefficient (Wildman–Crippen LogP) is 2.98. The van der Waals surface area contributed by atoms with Crippen LogP contribution in [-0.2, 0) is 17.8 Å². The Morgan fingerprint density at radius 3 is 2.28 bits per heavy atom. The Labute approximate surface area is 151 Å². The van der Waals surface area contributed by atoms with Crippen molar-refractivity contribution in [2.45, 2.75) is 70.6 Å². The molecule has 0 bridgehead atoms. The second-order valence-electron chi connectivity index (χ2n) is 8.33. The van der Waals surface area contributed by atoms with E-state index in [0.29, 0.717) is 11.9 Å². The summed E-state index contributed by atoms with van der Waals surface area (Å²) in [5, 5.41) is 9.84. The summed E-state index contributed by atoms with van der Waals surface area (Å²) in [4.78, 5) is 16.5. The van der Waals surface area contributed by atoms with Gasteiger partial charge < -0.3 is 10.0 Å². The highest BCUT2D eigenvalue weighted by Crippen LogP contribution is 2.23. The summed E-state index contributed by atoms with van der Waals surface area (Å²) in [5.74, 6) is 0.361. The summed E-state index contributed by atoms with van der Waals surface area (Å²) in [6.07, 6.45) is 5.71. The average molecular weight is 344 g/mol. The van der Waals surface area contributed by atoms with Crippen molar-refractivity contribution in [3.05, 3.63) is 35.4 Å². The first-order valence-corrected chi connectivity index (χ1v) is 9.73. The molecule has 2 aliphatic heterocycles. The van der Waals surface area contributed by atoms with Crippen molar-refractivity contribution >= 4 is 5.91 Å². The number of aryl methyl sites for hydroxylation is 1. The van der Waals surface area contributed by atoms with Crippen molar-refractivity contribution < 1.29 is 9.90 Å². The van der Waals surface area contributed by atoms with Crippen LogP contribution in [0.25, 0.3) is 0 Å². The highest BCUT2D eigenvalue weighted by atomic mass is 16.3. The van der Waals surface area contributed by atoms with E-state index in [1.165, 1.54) is 11.1 Å². The van der Waals surface area contributed by atoms with Crippen LogP contribution in [0, 0.1) is 0 Å². The smallest absolute Gasteiger partial charge is 0.222 e. The van der Waals surface area contributed by atoms with Gasteiger partial charge in [0.1, 0.15) is 0 Å². The molecule has 0 aromatic heterocycles. The Hall–Kier alpha value is -1.39. The lowest BCUT2D eigenvalue weighted by atomic mass is 9.98. The van der Waals surface area contributed by atoms with Crippen LogP contribution in [0.4, 0.5) is 0 Å². The third-order valence-corrected chi connectivity index (χ3v) is 5.56. The van der Waals surface area contributed by atoms with Crippen LogP contribution in [0.2, 0.25) is 0 Å². The summed E-state index contributed by atoms with van der Waals surface area (Å²) in [5.41, 5.74) is 2.04. The van der Waals surface area contributed by atoms with Crippen LogP contribution in [-0.4, -0.2) is 52.1 Å². The molecule has 0 radical (unpaired) electrons. The summed E-state index contributed by atoms with van der Waals surface area (Å²) < 4.78 is 0. The number of aliphatic hydroxyl groups is 1. The van der Waals surface area contributed by atoms with Crippen molar-refractivity contribution in [1.82, 2.24) is 9.80 Å². The van der Waals surface area contributed by atoms with Gasteiger partial charge in [-0.15, -0.1) is 0 Å². The fraction of sp³-hybridized carbons (Fsp3) is 0.667. The SMILES string of the molecule is CC(C)(O)CCc1ccc(CN2CCC(N3CCCC3=O)CC2)cc1. The third kappa shape index (κ3) is 5.29. The summed E-state index contributed by atoms with van der Waals surface area (Å²) in [7, 11) is 0. The van der Waals surface area contributed by atoms with E-state index in [-0.39, 0.29) is 0 Å². The van der Waals surface area contributed by atoms with E-state index in [1.54, 1.807) is 0 Å². The Morgan fingerprint density at radius 2 is 1.72 bits per heavy atom. The summed E-state index contributed by atoms with van der Waals surface area (Å²) >= 11 is 0. The van der Waals surface area contributed by atoms with Crippen LogP contribution in [0.5, 0.6) is 0 Å². The predicted molar refractivity (Wildman–Crippen MR) is 100 cm³/mol. The molecule has 25 heavy (non-hydrogen) atoms. The van der Waals surface area contributed by atoms with E-state index in [1.807, 2.05) is 13.8 Å². The zero-order chi connectivity index (χ0) is 17.9. The number of amides is 1. The molecular formula is C21H32N2O2. The highest BCUT2D eigenvalue weighted by molar-refractivity contribution is 5.78. The Morgan fingerprint density at radius 1 is 1.08 bits per heavy atom. The molecule has 2 aliphatic rings. The minimum atomic E-state index is -0.597. The van der Waals surface area contributed by atoms with Gasteiger partial charge in [-0.05, 0) is 57.1 Å². The molecular weight excluding hydrogens is 312 g/mol. The van der Waals surface area contributed by atoms with Gasteiger partial charge in [-0.1, -0.05) is 24.3 Å². The van der Waals surface area contributed by atoms with Crippen molar-refractivity contribution in [3.8, 4) is 0 Å². The highest BCUT2D eigenvalue weighted by Gasteiger charge is 2.30. The molecule has 0 spiro atoms. The number of hydrogen-bond donors (Lipinski definition) is 1. The van der Waals surface area contributed by atoms with Gasteiger partial charge in [-0.3, -0.25) is 9.69 Å². The van der Waals surface area contributed by atoms with Gasteiger partial charge in [0.05, 0.1) is 5.60 Å². The van der Waals surface area contributed by atoms with Crippen molar-refractivity contribution in [2.75, 3.05) is 19.6 Å². The lowest BCUT2D eigenvalue weighted by Gasteiger charge is -2.36. The maximum atomic E-state index is 11.9. The maximum absolute atomic E-state index is 11.9. The molecule has 0 atom stereocenters. The number of piperidine rings is 1. The molecule has 4 nitrogen and oxygen atoms in total. The van der Waals surface area contributed by atoms with Crippen LogP contribution in [0.3, 0.4) is 0 Å². The van der Waals surface area contributed by atoms with E-state index in [4.69, 9.17) is 0 Å². The second kappa shape index (κ2) is 7.88. The molecule has 2 saturated heterocycles. The number of carbonyl (C=O) groups excluding carboxylic acids is 1. The standard InChI is InChI=1S/C21H32N2O2/c1-21(2,25)12-9-17-5-7-18(8-6-17)16-22-14-10-19(11-15-22)23-13-3-4-20(23)24/h5-8,19,25H,3-4,9-16H2,1-2H3. The Balaban J connectivity index is 1.45. The maximum Gasteiger partial charge on any atom is 0.222 e. The number of carbonyl (C=O) groups is 1.